The van der Waals surface area contributed by atoms with Crippen LogP contribution in [0.25, 0.3) is 11.4 Å². The number of carbonyl (C=O) groups is 1. The molecule has 0 saturated carbocycles. The molecule has 1 fully saturated rings. The van der Waals surface area contributed by atoms with E-state index in [1.807, 2.05) is 17.0 Å². The second-order valence-corrected chi connectivity index (χ2v) is 6.39. The number of aromatic nitrogens is 2. The summed E-state index contributed by atoms with van der Waals surface area (Å²) in [6.07, 6.45) is 4.28. The predicted molar refractivity (Wildman–Crippen MR) is 88.1 cm³/mol. The highest BCUT2D eigenvalue weighted by Gasteiger charge is 2.23. The molecule has 1 aliphatic heterocycles. The van der Waals surface area contributed by atoms with Crippen LogP contribution in [0.1, 0.15) is 38.5 Å². The average Bonchev–Trinajstić information content (AvgIpc) is 3.03. The SMILES string of the molecule is CC1CCCCN1C(=O)CCc1nc(-c2ccc(Cl)cc2)no1. The lowest BCUT2D eigenvalue weighted by molar-refractivity contribution is -0.134. The lowest BCUT2D eigenvalue weighted by atomic mass is 10.0. The van der Waals surface area contributed by atoms with Crippen molar-refractivity contribution in [1.29, 1.82) is 0 Å². The molecule has 1 saturated heterocycles. The number of likely N-dealkylation sites (tertiary alicyclic amines) is 1. The van der Waals surface area contributed by atoms with Crippen LogP contribution < -0.4 is 0 Å². The summed E-state index contributed by atoms with van der Waals surface area (Å²) in [5, 5.41) is 4.63. The minimum atomic E-state index is 0.170. The van der Waals surface area contributed by atoms with Gasteiger partial charge in [-0.3, -0.25) is 4.79 Å². The standard InChI is InChI=1S/C17H20ClN3O2/c1-12-4-2-3-11-21(12)16(22)10-9-15-19-17(20-23-15)13-5-7-14(18)8-6-13/h5-8,12H,2-4,9-11H2,1H3. The van der Waals surface area contributed by atoms with Gasteiger partial charge >= 0.3 is 0 Å². The molecule has 2 aromatic rings. The summed E-state index contributed by atoms with van der Waals surface area (Å²) < 4.78 is 5.25. The molecule has 2 heterocycles. The molecule has 1 aromatic carbocycles. The molecular weight excluding hydrogens is 314 g/mol. The first-order valence-corrected chi connectivity index (χ1v) is 8.39. The van der Waals surface area contributed by atoms with Crippen LogP contribution in [-0.4, -0.2) is 33.5 Å². The van der Waals surface area contributed by atoms with Crippen LogP contribution in [-0.2, 0) is 11.2 Å². The Morgan fingerprint density at radius 2 is 2.13 bits per heavy atom. The monoisotopic (exact) mass is 333 g/mol. The summed E-state index contributed by atoms with van der Waals surface area (Å²) >= 11 is 5.87. The van der Waals surface area contributed by atoms with Crippen molar-refractivity contribution in [3.8, 4) is 11.4 Å². The van der Waals surface area contributed by atoms with Gasteiger partial charge in [-0.05, 0) is 50.5 Å². The average molecular weight is 334 g/mol. The van der Waals surface area contributed by atoms with Gasteiger partial charge in [0.05, 0.1) is 0 Å². The van der Waals surface area contributed by atoms with E-state index in [9.17, 15) is 4.79 Å². The van der Waals surface area contributed by atoms with Gasteiger partial charge in [0.2, 0.25) is 17.6 Å². The van der Waals surface area contributed by atoms with Crippen LogP contribution in [0, 0.1) is 0 Å². The molecule has 0 spiro atoms. The van der Waals surface area contributed by atoms with Gasteiger partial charge in [0, 0.05) is 36.0 Å². The van der Waals surface area contributed by atoms with E-state index < -0.39 is 0 Å². The highest BCUT2D eigenvalue weighted by Crippen LogP contribution is 2.20. The van der Waals surface area contributed by atoms with E-state index in [4.69, 9.17) is 16.1 Å². The van der Waals surface area contributed by atoms with Crippen molar-refractivity contribution in [1.82, 2.24) is 15.0 Å². The van der Waals surface area contributed by atoms with E-state index in [0.717, 1.165) is 24.9 Å². The fourth-order valence-corrected chi connectivity index (χ4v) is 3.02. The van der Waals surface area contributed by atoms with Crippen LogP contribution in [0.5, 0.6) is 0 Å². The second-order valence-electron chi connectivity index (χ2n) is 5.95. The number of aryl methyl sites for hydroxylation is 1. The normalized spacial score (nSPS) is 18.2. The Morgan fingerprint density at radius 3 is 2.87 bits per heavy atom. The number of halogens is 1. The van der Waals surface area contributed by atoms with E-state index in [1.165, 1.54) is 6.42 Å². The molecular formula is C17H20ClN3O2. The Kier molecular flexibility index (Phi) is 4.96. The summed E-state index contributed by atoms with van der Waals surface area (Å²) in [5.41, 5.74) is 0.848. The molecule has 6 heteroatoms. The van der Waals surface area contributed by atoms with Gasteiger partial charge in [-0.2, -0.15) is 4.98 Å². The molecule has 1 aliphatic rings. The van der Waals surface area contributed by atoms with Gasteiger partial charge in [0.1, 0.15) is 0 Å². The zero-order valence-electron chi connectivity index (χ0n) is 13.2. The zero-order chi connectivity index (χ0) is 16.2. The van der Waals surface area contributed by atoms with E-state index in [2.05, 4.69) is 17.1 Å². The molecule has 1 aromatic heterocycles. The topological polar surface area (TPSA) is 59.2 Å². The van der Waals surface area contributed by atoms with Crippen LogP contribution in [0.2, 0.25) is 5.02 Å². The highest BCUT2D eigenvalue weighted by atomic mass is 35.5. The number of benzene rings is 1. The summed E-state index contributed by atoms with van der Waals surface area (Å²) in [7, 11) is 0. The molecule has 3 rings (SSSR count). The summed E-state index contributed by atoms with van der Waals surface area (Å²) in [6.45, 7) is 2.97. The quantitative estimate of drug-likeness (QED) is 0.855. The Bertz CT molecular complexity index is 669. The van der Waals surface area contributed by atoms with E-state index in [-0.39, 0.29) is 5.91 Å². The van der Waals surface area contributed by atoms with Gasteiger partial charge in [0.15, 0.2) is 0 Å². The Labute approximate surface area is 140 Å². The van der Waals surface area contributed by atoms with E-state index >= 15 is 0 Å². The van der Waals surface area contributed by atoms with Crippen LogP contribution >= 0.6 is 11.6 Å². The Morgan fingerprint density at radius 1 is 1.35 bits per heavy atom. The number of hydrogen-bond acceptors (Lipinski definition) is 4. The van der Waals surface area contributed by atoms with Crippen LogP contribution in [0.3, 0.4) is 0 Å². The highest BCUT2D eigenvalue weighted by molar-refractivity contribution is 6.30. The van der Waals surface area contributed by atoms with Crippen molar-refractivity contribution < 1.29 is 9.32 Å². The molecule has 5 nitrogen and oxygen atoms in total. The third-order valence-electron chi connectivity index (χ3n) is 4.25. The van der Waals surface area contributed by atoms with E-state index in [0.29, 0.717) is 35.6 Å². The smallest absolute Gasteiger partial charge is 0.227 e. The van der Waals surface area contributed by atoms with Gasteiger partial charge < -0.3 is 9.42 Å². The maximum Gasteiger partial charge on any atom is 0.227 e. The van der Waals surface area contributed by atoms with Crippen molar-refractivity contribution in [3.05, 3.63) is 35.2 Å². The van der Waals surface area contributed by atoms with Crippen molar-refractivity contribution >= 4 is 17.5 Å². The largest absolute Gasteiger partial charge is 0.340 e. The molecule has 1 unspecified atom stereocenters. The van der Waals surface area contributed by atoms with Gasteiger partial charge in [-0.1, -0.05) is 16.8 Å². The lowest BCUT2D eigenvalue weighted by Crippen LogP contribution is -2.42. The number of nitrogens with zero attached hydrogens (tertiary/aromatic N) is 3. The molecule has 0 aliphatic carbocycles. The lowest BCUT2D eigenvalue weighted by Gasteiger charge is -2.33. The van der Waals surface area contributed by atoms with Crippen molar-refractivity contribution in [2.45, 2.75) is 45.1 Å². The maximum atomic E-state index is 12.3. The minimum Gasteiger partial charge on any atom is -0.340 e. The number of amides is 1. The summed E-state index contributed by atoms with van der Waals surface area (Å²) in [5.74, 6) is 1.19. The Balaban J connectivity index is 1.58. The first-order valence-electron chi connectivity index (χ1n) is 8.01. The van der Waals surface area contributed by atoms with Gasteiger partial charge in [0.25, 0.3) is 0 Å². The number of piperidine rings is 1. The molecule has 1 amide bonds. The van der Waals surface area contributed by atoms with Crippen molar-refractivity contribution in [2.24, 2.45) is 0 Å². The number of carbonyl (C=O) groups excluding carboxylic acids is 1. The Hall–Kier alpha value is -1.88. The molecule has 23 heavy (non-hydrogen) atoms. The number of rotatable bonds is 4. The molecule has 122 valence electrons. The fourth-order valence-electron chi connectivity index (χ4n) is 2.90. The van der Waals surface area contributed by atoms with Gasteiger partial charge in [-0.25, -0.2) is 0 Å². The third-order valence-corrected chi connectivity index (χ3v) is 4.50. The first kappa shape index (κ1) is 16.0. The van der Waals surface area contributed by atoms with Crippen molar-refractivity contribution in [3.63, 3.8) is 0 Å². The molecule has 0 N–H and O–H groups in total. The minimum absolute atomic E-state index is 0.170. The predicted octanol–water partition coefficient (Wildman–Crippen LogP) is 3.72. The molecule has 1 atom stereocenters. The first-order chi connectivity index (χ1) is 11.1. The number of hydrogen-bond donors (Lipinski definition) is 0. The zero-order valence-corrected chi connectivity index (χ0v) is 13.9. The maximum absolute atomic E-state index is 12.3. The second kappa shape index (κ2) is 7.13. The summed E-state index contributed by atoms with van der Waals surface area (Å²) in [6, 6.07) is 7.60. The van der Waals surface area contributed by atoms with E-state index in [1.54, 1.807) is 12.1 Å². The summed E-state index contributed by atoms with van der Waals surface area (Å²) in [4.78, 5) is 18.6. The van der Waals surface area contributed by atoms with Gasteiger partial charge in [-0.15, -0.1) is 0 Å². The fraction of sp³-hybridized carbons (Fsp3) is 0.471. The third kappa shape index (κ3) is 3.91. The van der Waals surface area contributed by atoms with Crippen LogP contribution in [0.15, 0.2) is 28.8 Å². The molecule has 0 radical (unpaired) electrons. The van der Waals surface area contributed by atoms with Crippen LogP contribution in [0.4, 0.5) is 0 Å². The molecule has 0 bridgehead atoms. The van der Waals surface area contributed by atoms with Crippen molar-refractivity contribution in [2.75, 3.05) is 6.54 Å².